The van der Waals surface area contributed by atoms with Gasteiger partial charge in [-0.05, 0) is 48.9 Å². The number of hydrogen-bond donors (Lipinski definition) is 1. The van der Waals surface area contributed by atoms with Gasteiger partial charge in [0.25, 0.3) is 15.9 Å². The van der Waals surface area contributed by atoms with Crippen LogP contribution >= 0.6 is 11.6 Å². The predicted molar refractivity (Wildman–Crippen MR) is 107 cm³/mol. The molecule has 0 aromatic heterocycles. The molecule has 0 bridgehead atoms. The van der Waals surface area contributed by atoms with Crippen molar-refractivity contribution in [2.75, 3.05) is 38.1 Å². The number of halogens is 1. The maximum atomic E-state index is 12.9. The Balaban J connectivity index is 1.94. The van der Waals surface area contributed by atoms with Crippen LogP contribution in [-0.4, -0.2) is 52.6 Å². The van der Waals surface area contributed by atoms with Gasteiger partial charge in [-0.1, -0.05) is 11.6 Å². The highest BCUT2D eigenvalue weighted by atomic mass is 35.5. The summed E-state index contributed by atoms with van der Waals surface area (Å²) >= 11 is 5.93. The Morgan fingerprint density at radius 3 is 2.54 bits per heavy atom. The molecular weight excluding hydrogens is 404 g/mol. The molecular formula is C19H21ClN2O5S. The summed E-state index contributed by atoms with van der Waals surface area (Å²) in [5.74, 6) is 0.0259. The molecule has 0 aliphatic carbocycles. The monoisotopic (exact) mass is 424 g/mol. The van der Waals surface area contributed by atoms with Gasteiger partial charge in [-0.2, -0.15) is 0 Å². The van der Waals surface area contributed by atoms with Crippen LogP contribution in [0.3, 0.4) is 0 Å². The van der Waals surface area contributed by atoms with E-state index < -0.39 is 10.0 Å². The van der Waals surface area contributed by atoms with Crippen LogP contribution in [0, 0.1) is 6.92 Å². The third-order valence-corrected chi connectivity index (χ3v) is 6.04. The van der Waals surface area contributed by atoms with Crippen molar-refractivity contribution in [1.29, 1.82) is 0 Å². The van der Waals surface area contributed by atoms with Gasteiger partial charge in [-0.25, -0.2) is 8.42 Å². The summed E-state index contributed by atoms with van der Waals surface area (Å²) in [6.45, 7) is 3.54. The van der Waals surface area contributed by atoms with Crippen LogP contribution in [0.15, 0.2) is 41.3 Å². The van der Waals surface area contributed by atoms with E-state index in [0.717, 1.165) is 0 Å². The number of hydrogen-bond acceptors (Lipinski definition) is 5. The first-order valence-corrected chi connectivity index (χ1v) is 10.5. The molecule has 2 aromatic carbocycles. The van der Waals surface area contributed by atoms with Crippen LogP contribution in [-0.2, 0) is 14.8 Å². The van der Waals surface area contributed by atoms with E-state index in [1.54, 1.807) is 30.0 Å². The van der Waals surface area contributed by atoms with Crippen molar-refractivity contribution in [2.24, 2.45) is 0 Å². The Morgan fingerprint density at radius 2 is 1.89 bits per heavy atom. The highest BCUT2D eigenvalue weighted by Crippen LogP contribution is 2.27. The standard InChI is InChI=1S/C19H21ClN2O5S/c1-13-11-14(20)3-5-17(13)21-28(24,25)15-4-6-18(26-2)16(12-15)19(23)22-7-9-27-10-8-22/h3-6,11-12,21H,7-10H2,1-2H3. The van der Waals surface area contributed by atoms with E-state index in [0.29, 0.717) is 48.3 Å². The number of ether oxygens (including phenoxy) is 2. The number of nitrogens with one attached hydrogen (secondary N) is 1. The molecule has 0 saturated carbocycles. The van der Waals surface area contributed by atoms with Gasteiger partial charge < -0.3 is 14.4 Å². The Hall–Kier alpha value is -2.29. The van der Waals surface area contributed by atoms with Gasteiger partial charge in [0.2, 0.25) is 0 Å². The molecule has 1 N–H and O–H groups in total. The summed E-state index contributed by atoms with van der Waals surface area (Å²) in [7, 11) is -2.47. The molecule has 1 heterocycles. The lowest BCUT2D eigenvalue weighted by Crippen LogP contribution is -2.40. The Morgan fingerprint density at radius 1 is 1.18 bits per heavy atom. The normalized spacial score (nSPS) is 14.6. The van der Waals surface area contributed by atoms with E-state index >= 15 is 0 Å². The highest BCUT2D eigenvalue weighted by molar-refractivity contribution is 7.92. The molecule has 7 nitrogen and oxygen atoms in total. The lowest BCUT2D eigenvalue weighted by atomic mass is 10.1. The molecule has 2 aromatic rings. The van der Waals surface area contributed by atoms with Crippen molar-refractivity contribution >= 4 is 33.2 Å². The molecule has 1 saturated heterocycles. The number of rotatable bonds is 5. The van der Waals surface area contributed by atoms with E-state index in [4.69, 9.17) is 21.1 Å². The van der Waals surface area contributed by atoms with Crippen molar-refractivity contribution in [3.63, 3.8) is 0 Å². The summed E-state index contributed by atoms with van der Waals surface area (Å²) < 4.78 is 38.8. The molecule has 150 valence electrons. The van der Waals surface area contributed by atoms with Crippen molar-refractivity contribution in [2.45, 2.75) is 11.8 Å². The third-order valence-electron chi connectivity index (χ3n) is 4.44. The Bertz CT molecular complexity index is 988. The molecule has 9 heteroatoms. The quantitative estimate of drug-likeness (QED) is 0.797. The summed E-state index contributed by atoms with van der Waals surface area (Å²) in [4.78, 5) is 14.5. The van der Waals surface area contributed by atoms with Crippen LogP contribution in [0.25, 0.3) is 0 Å². The Labute approximate surface area is 169 Å². The van der Waals surface area contributed by atoms with E-state index in [1.807, 2.05) is 0 Å². The number of sulfonamides is 1. The zero-order valence-corrected chi connectivity index (χ0v) is 17.1. The zero-order valence-electron chi connectivity index (χ0n) is 15.6. The van der Waals surface area contributed by atoms with Crippen molar-refractivity contribution in [3.8, 4) is 5.75 Å². The number of carbonyl (C=O) groups is 1. The number of methoxy groups -OCH3 is 1. The van der Waals surface area contributed by atoms with Crippen LogP contribution in [0.1, 0.15) is 15.9 Å². The van der Waals surface area contributed by atoms with E-state index in [2.05, 4.69) is 4.72 Å². The van der Waals surface area contributed by atoms with Crippen molar-refractivity contribution in [1.82, 2.24) is 4.90 Å². The fourth-order valence-electron chi connectivity index (χ4n) is 2.90. The van der Waals surface area contributed by atoms with Gasteiger partial charge in [0.05, 0.1) is 36.5 Å². The van der Waals surface area contributed by atoms with Crippen LogP contribution < -0.4 is 9.46 Å². The van der Waals surface area contributed by atoms with Gasteiger partial charge in [-0.3, -0.25) is 9.52 Å². The minimum Gasteiger partial charge on any atom is -0.496 e. The zero-order chi connectivity index (χ0) is 20.3. The Kier molecular flexibility index (Phi) is 6.12. The molecule has 1 aliphatic rings. The number of nitrogens with zero attached hydrogens (tertiary/aromatic N) is 1. The third kappa shape index (κ3) is 4.40. The van der Waals surface area contributed by atoms with Gasteiger partial charge in [0.15, 0.2) is 0 Å². The lowest BCUT2D eigenvalue weighted by Gasteiger charge is -2.27. The minimum atomic E-state index is -3.90. The molecule has 1 fully saturated rings. The van der Waals surface area contributed by atoms with Gasteiger partial charge >= 0.3 is 0 Å². The number of amides is 1. The summed E-state index contributed by atoms with van der Waals surface area (Å²) in [5.41, 5.74) is 1.30. The largest absolute Gasteiger partial charge is 0.496 e. The summed E-state index contributed by atoms with van der Waals surface area (Å²) in [6, 6.07) is 9.09. The number of morpholine rings is 1. The fraction of sp³-hybridized carbons (Fsp3) is 0.316. The molecule has 0 radical (unpaired) electrons. The van der Waals surface area contributed by atoms with E-state index in [1.165, 1.54) is 25.3 Å². The topological polar surface area (TPSA) is 84.9 Å². The molecule has 0 unspecified atom stereocenters. The second-order valence-electron chi connectivity index (χ2n) is 6.33. The van der Waals surface area contributed by atoms with Crippen molar-refractivity contribution in [3.05, 3.63) is 52.5 Å². The van der Waals surface area contributed by atoms with Crippen LogP contribution in [0.5, 0.6) is 5.75 Å². The second-order valence-corrected chi connectivity index (χ2v) is 8.45. The number of benzene rings is 2. The fourth-order valence-corrected chi connectivity index (χ4v) is 4.29. The first kappa shape index (κ1) is 20.4. The summed E-state index contributed by atoms with van der Waals surface area (Å²) in [5, 5.41) is 0.517. The van der Waals surface area contributed by atoms with Crippen LogP contribution in [0.2, 0.25) is 5.02 Å². The molecule has 28 heavy (non-hydrogen) atoms. The van der Waals surface area contributed by atoms with Crippen molar-refractivity contribution < 1.29 is 22.7 Å². The van der Waals surface area contributed by atoms with Crippen LogP contribution in [0.4, 0.5) is 5.69 Å². The van der Waals surface area contributed by atoms with Gasteiger partial charge in [-0.15, -0.1) is 0 Å². The first-order chi connectivity index (χ1) is 13.3. The minimum absolute atomic E-state index is 0.0285. The predicted octanol–water partition coefficient (Wildman–Crippen LogP) is 2.93. The highest BCUT2D eigenvalue weighted by Gasteiger charge is 2.25. The number of aryl methyl sites for hydroxylation is 1. The number of anilines is 1. The molecule has 3 rings (SSSR count). The lowest BCUT2D eigenvalue weighted by molar-refractivity contribution is 0.0300. The van der Waals surface area contributed by atoms with Gasteiger partial charge in [0, 0.05) is 18.1 Å². The maximum Gasteiger partial charge on any atom is 0.261 e. The van der Waals surface area contributed by atoms with Gasteiger partial charge in [0.1, 0.15) is 5.75 Å². The molecule has 0 atom stereocenters. The summed E-state index contributed by atoms with van der Waals surface area (Å²) in [6.07, 6.45) is 0. The first-order valence-electron chi connectivity index (χ1n) is 8.66. The number of carbonyl (C=O) groups excluding carboxylic acids is 1. The second kappa shape index (κ2) is 8.38. The average molecular weight is 425 g/mol. The maximum absolute atomic E-state index is 12.9. The molecule has 0 spiro atoms. The smallest absolute Gasteiger partial charge is 0.261 e. The average Bonchev–Trinajstić information content (AvgIpc) is 2.69. The van der Waals surface area contributed by atoms with E-state index in [9.17, 15) is 13.2 Å². The SMILES string of the molecule is COc1ccc(S(=O)(=O)Nc2ccc(Cl)cc2C)cc1C(=O)N1CCOCC1. The molecule has 1 amide bonds. The molecule has 1 aliphatic heterocycles. The van der Waals surface area contributed by atoms with E-state index in [-0.39, 0.29) is 16.4 Å².